The van der Waals surface area contributed by atoms with Crippen molar-refractivity contribution in [3.63, 3.8) is 0 Å². The van der Waals surface area contributed by atoms with Crippen LogP contribution in [0.15, 0.2) is 30.9 Å². The molecule has 0 aromatic heterocycles. The van der Waals surface area contributed by atoms with Gasteiger partial charge in [-0.15, -0.1) is 0 Å². The molecule has 1 aromatic rings. The molecule has 1 aliphatic rings. The topological polar surface area (TPSA) is 69.6 Å². The molecule has 2 amide bonds. The summed E-state index contributed by atoms with van der Waals surface area (Å²) in [5.41, 5.74) is -1.96. The molecular weight excluding hydrogens is 318 g/mol. The highest BCUT2D eigenvalue weighted by Crippen LogP contribution is 2.36. The number of nitrogens with one attached hydrogen (secondary N) is 1. The monoisotopic (exact) mass is 338 g/mol. The Hall–Kier alpha value is -2.28. The first-order valence-corrected chi connectivity index (χ1v) is 7.72. The van der Waals surface area contributed by atoms with Gasteiger partial charge in [0.05, 0.1) is 11.2 Å². The van der Waals surface area contributed by atoms with E-state index in [9.17, 15) is 23.5 Å². The first kappa shape index (κ1) is 18.1. The molecule has 2 rings (SSSR count). The highest BCUT2D eigenvalue weighted by molar-refractivity contribution is 5.87. The van der Waals surface area contributed by atoms with Crippen molar-refractivity contribution in [1.82, 2.24) is 10.2 Å². The van der Waals surface area contributed by atoms with Gasteiger partial charge in [-0.05, 0) is 31.1 Å². The fourth-order valence-electron chi connectivity index (χ4n) is 2.84. The van der Waals surface area contributed by atoms with E-state index in [1.807, 2.05) is 0 Å². The van der Waals surface area contributed by atoms with Crippen LogP contribution in [0.2, 0.25) is 0 Å². The van der Waals surface area contributed by atoms with Crippen LogP contribution in [0.1, 0.15) is 24.8 Å². The minimum atomic E-state index is -1.62. The van der Waals surface area contributed by atoms with Crippen molar-refractivity contribution in [1.29, 1.82) is 0 Å². The molecule has 1 aliphatic heterocycles. The molecule has 1 aromatic carbocycles. The van der Waals surface area contributed by atoms with Gasteiger partial charge in [0.1, 0.15) is 11.6 Å². The third kappa shape index (κ3) is 3.97. The van der Waals surface area contributed by atoms with Crippen LogP contribution < -0.4 is 5.32 Å². The standard InChI is InChI=1S/C17H20F2N2O3/c1-2-14(22)20-9-6-15(23)21-10-7-17(24,8-11-21)16-12(18)4-3-5-13(16)19/h2-5,24H,1,6-11H2,(H,20,22). The van der Waals surface area contributed by atoms with E-state index in [1.54, 1.807) is 0 Å². The van der Waals surface area contributed by atoms with Gasteiger partial charge in [0.15, 0.2) is 0 Å². The largest absolute Gasteiger partial charge is 0.385 e. The van der Waals surface area contributed by atoms with Crippen molar-refractivity contribution < 1.29 is 23.5 Å². The van der Waals surface area contributed by atoms with E-state index in [4.69, 9.17) is 0 Å². The van der Waals surface area contributed by atoms with Gasteiger partial charge in [0.2, 0.25) is 11.8 Å². The fraction of sp³-hybridized carbons (Fsp3) is 0.412. The maximum absolute atomic E-state index is 13.9. The first-order valence-electron chi connectivity index (χ1n) is 7.72. The molecule has 0 aliphatic carbocycles. The number of amides is 2. The van der Waals surface area contributed by atoms with Crippen LogP contribution in [-0.2, 0) is 15.2 Å². The fourth-order valence-corrected chi connectivity index (χ4v) is 2.84. The number of halogens is 2. The number of carbonyl (C=O) groups is 2. The summed E-state index contributed by atoms with van der Waals surface area (Å²) >= 11 is 0. The molecule has 0 unspecified atom stereocenters. The second kappa shape index (κ2) is 7.53. The number of piperidine rings is 1. The normalized spacial score (nSPS) is 16.5. The SMILES string of the molecule is C=CC(=O)NCCC(=O)N1CCC(O)(c2c(F)cccc2F)CC1. The lowest BCUT2D eigenvalue weighted by atomic mass is 9.83. The summed E-state index contributed by atoms with van der Waals surface area (Å²) in [5, 5.41) is 13.1. The van der Waals surface area contributed by atoms with E-state index < -0.39 is 17.2 Å². The lowest BCUT2D eigenvalue weighted by Crippen LogP contribution is -2.46. The zero-order chi connectivity index (χ0) is 17.7. The van der Waals surface area contributed by atoms with Gasteiger partial charge in [0.25, 0.3) is 0 Å². The Bertz CT molecular complexity index is 620. The predicted octanol–water partition coefficient (Wildman–Crippen LogP) is 1.47. The Morgan fingerprint density at radius 3 is 2.42 bits per heavy atom. The summed E-state index contributed by atoms with van der Waals surface area (Å²) in [6, 6.07) is 3.46. The zero-order valence-electron chi connectivity index (χ0n) is 13.2. The van der Waals surface area contributed by atoms with Crippen LogP contribution >= 0.6 is 0 Å². The molecular formula is C17H20F2N2O3. The molecule has 2 N–H and O–H groups in total. The van der Waals surface area contributed by atoms with Crippen molar-refractivity contribution in [2.24, 2.45) is 0 Å². The Labute approximate surface area is 139 Å². The van der Waals surface area contributed by atoms with Gasteiger partial charge in [-0.2, -0.15) is 0 Å². The van der Waals surface area contributed by atoms with Crippen molar-refractivity contribution >= 4 is 11.8 Å². The van der Waals surface area contributed by atoms with Crippen LogP contribution in [0.4, 0.5) is 8.78 Å². The first-order chi connectivity index (χ1) is 11.4. The number of aliphatic hydroxyl groups is 1. The van der Waals surface area contributed by atoms with Crippen molar-refractivity contribution in [2.45, 2.75) is 24.9 Å². The molecule has 130 valence electrons. The Balaban J connectivity index is 1.94. The summed E-state index contributed by atoms with van der Waals surface area (Å²) in [4.78, 5) is 24.6. The third-order valence-electron chi connectivity index (χ3n) is 4.19. The smallest absolute Gasteiger partial charge is 0.243 e. The average Bonchev–Trinajstić information content (AvgIpc) is 2.54. The molecule has 7 heteroatoms. The zero-order valence-corrected chi connectivity index (χ0v) is 13.2. The molecule has 0 radical (unpaired) electrons. The van der Waals surface area contributed by atoms with Crippen LogP contribution in [0.5, 0.6) is 0 Å². The van der Waals surface area contributed by atoms with Gasteiger partial charge >= 0.3 is 0 Å². The van der Waals surface area contributed by atoms with Crippen LogP contribution in [-0.4, -0.2) is 41.5 Å². The average molecular weight is 338 g/mol. The number of benzene rings is 1. The highest BCUT2D eigenvalue weighted by Gasteiger charge is 2.39. The number of hydrogen-bond donors (Lipinski definition) is 2. The lowest BCUT2D eigenvalue weighted by Gasteiger charge is -2.38. The van der Waals surface area contributed by atoms with Crippen molar-refractivity contribution in [2.75, 3.05) is 19.6 Å². The highest BCUT2D eigenvalue weighted by atomic mass is 19.1. The van der Waals surface area contributed by atoms with E-state index in [0.717, 1.165) is 18.2 Å². The lowest BCUT2D eigenvalue weighted by molar-refractivity contribution is -0.135. The molecule has 0 atom stereocenters. The number of rotatable bonds is 5. The van der Waals surface area contributed by atoms with Crippen molar-refractivity contribution in [3.05, 3.63) is 48.1 Å². The second-order valence-corrected chi connectivity index (χ2v) is 5.75. The molecule has 0 spiro atoms. The quantitative estimate of drug-likeness (QED) is 0.799. The molecule has 1 fully saturated rings. The summed E-state index contributed by atoms with van der Waals surface area (Å²) in [6.07, 6.45) is 1.34. The van der Waals surface area contributed by atoms with E-state index in [2.05, 4.69) is 11.9 Å². The summed E-state index contributed by atoms with van der Waals surface area (Å²) < 4.78 is 27.8. The minimum absolute atomic E-state index is 0.0512. The van der Waals surface area contributed by atoms with Gasteiger partial charge in [-0.3, -0.25) is 9.59 Å². The van der Waals surface area contributed by atoms with Crippen LogP contribution in [0.3, 0.4) is 0 Å². The predicted molar refractivity (Wildman–Crippen MR) is 83.9 cm³/mol. The number of carbonyl (C=O) groups excluding carboxylic acids is 2. The third-order valence-corrected chi connectivity index (χ3v) is 4.19. The van der Waals surface area contributed by atoms with E-state index >= 15 is 0 Å². The maximum atomic E-state index is 13.9. The number of nitrogens with zero attached hydrogens (tertiary/aromatic N) is 1. The summed E-state index contributed by atoms with van der Waals surface area (Å²) in [6.45, 7) is 3.88. The van der Waals surface area contributed by atoms with Gasteiger partial charge in [-0.1, -0.05) is 12.6 Å². The Kier molecular flexibility index (Phi) is 5.66. The molecule has 1 saturated heterocycles. The molecule has 24 heavy (non-hydrogen) atoms. The van der Waals surface area contributed by atoms with Gasteiger partial charge < -0.3 is 15.3 Å². The van der Waals surface area contributed by atoms with Crippen LogP contribution in [0, 0.1) is 11.6 Å². The summed E-state index contributed by atoms with van der Waals surface area (Å²) in [5.74, 6) is -2.12. The maximum Gasteiger partial charge on any atom is 0.243 e. The second-order valence-electron chi connectivity index (χ2n) is 5.75. The molecule has 0 bridgehead atoms. The molecule has 1 heterocycles. The Morgan fingerprint density at radius 1 is 1.29 bits per heavy atom. The van der Waals surface area contributed by atoms with E-state index in [0.29, 0.717) is 0 Å². The number of hydrogen-bond acceptors (Lipinski definition) is 3. The number of likely N-dealkylation sites (tertiary alicyclic amines) is 1. The van der Waals surface area contributed by atoms with E-state index in [1.165, 1.54) is 11.0 Å². The van der Waals surface area contributed by atoms with Gasteiger partial charge in [0, 0.05) is 26.1 Å². The molecule has 5 nitrogen and oxygen atoms in total. The minimum Gasteiger partial charge on any atom is -0.385 e. The molecule has 0 saturated carbocycles. The van der Waals surface area contributed by atoms with Gasteiger partial charge in [-0.25, -0.2) is 8.78 Å². The van der Waals surface area contributed by atoms with Crippen molar-refractivity contribution in [3.8, 4) is 0 Å². The van der Waals surface area contributed by atoms with E-state index in [-0.39, 0.29) is 56.3 Å². The Morgan fingerprint density at radius 2 is 1.88 bits per heavy atom. The summed E-state index contributed by atoms with van der Waals surface area (Å²) in [7, 11) is 0. The van der Waals surface area contributed by atoms with Crippen LogP contribution in [0.25, 0.3) is 0 Å².